The molecule has 0 N–H and O–H groups in total. The van der Waals surface area contributed by atoms with Crippen molar-refractivity contribution in [2.24, 2.45) is 0 Å². The van der Waals surface area contributed by atoms with Gasteiger partial charge in [-0.1, -0.05) is 0 Å². The predicted molar refractivity (Wildman–Crippen MR) is 45.7 cm³/mol. The van der Waals surface area contributed by atoms with Gasteiger partial charge in [0, 0.05) is 20.4 Å². The van der Waals surface area contributed by atoms with Crippen LogP contribution >= 0.6 is 23.4 Å². The Morgan fingerprint density at radius 3 is 0.333 bits per heavy atom. The maximum absolute atomic E-state index is 10.7. The molecule has 0 bridgehead atoms. The zero-order valence-electron chi connectivity index (χ0n) is 9.47. The molecule has 0 heterocycles. The predicted octanol–water partition coefficient (Wildman–Crippen LogP) is 10.2. The summed E-state index contributed by atoms with van der Waals surface area (Å²) in [5, 5.41) is 6.25. The van der Waals surface area contributed by atoms with Crippen molar-refractivity contribution in [1.29, 1.82) is 5.26 Å². The smallest absolute Gasteiger partial charge is 0 e. The van der Waals surface area contributed by atoms with Crippen molar-refractivity contribution < 1.29 is 96.0 Å². The topological polar surface area (TPSA) is 23.8 Å². The van der Waals surface area contributed by atoms with E-state index in [9.17, 15) is 75.5 Å². The van der Waals surface area contributed by atoms with Crippen molar-refractivity contribution >= 4 is 23.4 Å². The molecule has 24 heavy (non-hydrogen) atoms. The first kappa shape index (κ1) is 35.3. The van der Waals surface area contributed by atoms with Crippen LogP contribution in [-0.4, -0.2) is 0 Å². The summed E-state index contributed by atoms with van der Waals surface area (Å²) < 4.78 is 178. The molecule has 0 aliphatic rings. The molecular formula is CF18NP3Re-4. The summed E-state index contributed by atoms with van der Waals surface area (Å²) in [6, 6.07) is 0. The molecule has 0 spiro atoms. The molecule has 0 aliphatic carbocycles. The van der Waals surface area contributed by atoms with Crippen LogP contribution in [0.15, 0.2) is 0 Å². The molecule has 0 atom stereocenters. The summed E-state index contributed by atoms with van der Waals surface area (Å²) >= 11 is 0. The summed E-state index contributed by atoms with van der Waals surface area (Å²) in [5.74, 6) is 0. The maximum Gasteiger partial charge on any atom is 0 e. The molecule has 161 valence electrons. The Hall–Kier alpha value is 0.182. The van der Waals surface area contributed by atoms with Crippen molar-refractivity contribution in [3.05, 3.63) is 6.57 Å². The van der Waals surface area contributed by atoms with E-state index in [0.29, 0.717) is 0 Å². The van der Waals surface area contributed by atoms with Gasteiger partial charge in [0.1, 0.15) is 0 Å². The molecule has 0 amide bonds. The van der Waals surface area contributed by atoms with Crippen LogP contribution in [0.2, 0.25) is 0 Å². The van der Waals surface area contributed by atoms with Gasteiger partial charge in [0.25, 0.3) is 0 Å². The van der Waals surface area contributed by atoms with Gasteiger partial charge in [-0.3, -0.25) is 0 Å². The Morgan fingerprint density at radius 1 is 0.333 bits per heavy atom. The molecule has 0 saturated heterocycles. The number of nitrogens with zero attached hydrogens (tertiary/aromatic N) is 1. The van der Waals surface area contributed by atoms with Crippen molar-refractivity contribution in [3.63, 3.8) is 0 Å². The Bertz CT molecular complexity index is 314. The van der Waals surface area contributed by atoms with E-state index < -0.39 is 23.4 Å². The van der Waals surface area contributed by atoms with Crippen LogP contribution in [0, 0.1) is 11.8 Å². The van der Waals surface area contributed by atoms with Crippen LogP contribution < -0.4 is 0 Å². The van der Waals surface area contributed by atoms with E-state index in [4.69, 9.17) is 11.8 Å². The van der Waals surface area contributed by atoms with Gasteiger partial charge in [-0.2, -0.15) is 0 Å². The third-order valence-corrected chi connectivity index (χ3v) is 0. The van der Waals surface area contributed by atoms with Gasteiger partial charge < -0.3 is 11.8 Å². The fourth-order valence-electron chi connectivity index (χ4n) is 0. The number of hydrogen-bond donors (Lipinski definition) is 0. The molecule has 0 rings (SSSR count). The minimum Gasteiger partial charge on any atom is -0.512 e. The molecule has 0 saturated carbocycles. The Morgan fingerprint density at radius 2 is 0.333 bits per heavy atom. The number of halogens is 18. The molecule has 1 radical (unpaired) electrons. The monoisotopic (exact) mass is 648 g/mol. The van der Waals surface area contributed by atoms with Crippen LogP contribution in [0.5, 0.6) is 0 Å². The molecule has 0 aromatic carbocycles. The number of rotatable bonds is 0. The summed E-state index contributed by atoms with van der Waals surface area (Å²) in [4.78, 5) is 0. The van der Waals surface area contributed by atoms with Gasteiger partial charge in [0.05, 0.1) is 0 Å². The normalized spacial score (nSPS) is 20.3. The molecule has 0 aromatic heterocycles. The standard InChI is InChI=1S/CN.3F6P.Re/c1-2;3*1-7(2,3,4,5)6;/q4*-1;. The fourth-order valence-corrected chi connectivity index (χ4v) is 0. The first-order valence-electron chi connectivity index (χ1n) is 3.27. The first-order valence-corrected chi connectivity index (χ1v) is 9.35. The van der Waals surface area contributed by atoms with Crippen molar-refractivity contribution in [3.8, 4) is 0 Å². The number of hydrogen-bond acceptors (Lipinski definition) is 1. The second-order valence-corrected chi connectivity index (χ2v) is 8.62. The van der Waals surface area contributed by atoms with E-state index in [1.54, 1.807) is 0 Å². The summed E-state index contributed by atoms with van der Waals surface area (Å²) in [7, 11) is -32.0. The van der Waals surface area contributed by atoms with E-state index in [-0.39, 0.29) is 20.4 Å². The van der Waals surface area contributed by atoms with Gasteiger partial charge in [-0.15, -0.1) is 0 Å². The van der Waals surface area contributed by atoms with E-state index in [1.807, 2.05) is 0 Å². The zero-order valence-corrected chi connectivity index (χ0v) is 14.9. The van der Waals surface area contributed by atoms with Crippen LogP contribution in [0.25, 0.3) is 0 Å². The van der Waals surface area contributed by atoms with E-state index in [0.717, 1.165) is 0 Å². The van der Waals surface area contributed by atoms with Gasteiger partial charge in [0.15, 0.2) is 0 Å². The van der Waals surface area contributed by atoms with E-state index in [2.05, 4.69) is 0 Å². The van der Waals surface area contributed by atoms with E-state index in [1.165, 1.54) is 0 Å². The molecule has 1 nitrogen and oxygen atoms in total. The molecule has 0 aliphatic heterocycles. The van der Waals surface area contributed by atoms with Gasteiger partial charge in [-0.05, 0) is 0 Å². The minimum absolute atomic E-state index is 0. The van der Waals surface area contributed by atoms with Crippen molar-refractivity contribution in [2.75, 3.05) is 0 Å². The quantitative estimate of drug-likeness (QED) is 0.146. The van der Waals surface area contributed by atoms with Crippen molar-refractivity contribution in [1.82, 2.24) is 0 Å². The maximum atomic E-state index is 9.87. The van der Waals surface area contributed by atoms with Crippen molar-refractivity contribution in [2.45, 2.75) is 0 Å². The molecule has 23 heteroatoms. The zero-order chi connectivity index (χ0) is 21.2. The Kier molecular flexibility index (Phi) is 8.22. The molecule has 0 unspecified atom stereocenters. The van der Waals surface area contributed by atoms with Gasteiger partial charge >= 0.3 is 99.0 Å². The minimum atomic E-state index is -10.7. The molecular weight excluding hydrogens is 647 g/mol. The van der Waals surface area contributed by atoms with Crippen LogP contribution in [0.1, 0.15) is 0 Å². The molecule has 0 aromatic rings. The Labute approximate surface area is 132 Å². The SMILES string of the molecule is F[P-](F)(F)(F)(F)F.F[P-](F)(F)(F)(F)F.F[P-](F)(F)(F)(F)F.[C-]#N.[Re]. The largest absolute Gasteiger partial charge is 0.512 e. The summed E-state index contributed by atoms with van der Waals surface area (Å²) in [6.07, 6.45) is 0. The van der Waals surface area contributed by atoms with Crippen LogP contribution in [0.3, 0.4) is 0 Å². The molecule has 0 fully saturated rings. The second-order valence-electron chi connectivity index (χ2n) is 2.87. The third-order valence-electron chi connectivity index (χ3n) is 0. The average Bonchev–Trinajstić information content (AvgIpc) is 1.64. The summed E-state index contributed by atoms with van der Waals surface area (Å²) in [6.45, 7) is 4.75. The second kappa shape index (κ2) is 5.59. The van der Waals surface area contributed by atoms with Gasteiger partial charge in [-0.25, -0.2) is 0 Å². The van der Waals surface area contributed by atoms with Crippen LogP contribution in [0.4, 0.5) is 75.5 Å². The van der Waals surface area contributed by atoms with Crippen LogP contribution in [-0.2, 0) is 20.4 Å². The average molecular weight is 647 g/mol. The summed E-state index contributed by atoms with van der Waals surface area (Å²) in [5.41, 5.74) is 0. The Balaban J connectivity index is -0.0000000699. The third kappa shape index (κ3) is 299000. The van der Waals surface area contributed by atoms with Gasteiger partial charge in [0.2, 0.25) is 0 Å². The fraction of sp³-hybridized carbons (Fsp3) is 0. The first-order chi connectivity index (χ1) is 8.35. The van der Waals surface area contributed by atoms with E-state index >= 15 is 0 Å².